The summed E-state index contributed by atoms with van der Waals surface area (Å²) in [4.78, 5) is 18.5. The van der Waals surface area contributed by atoms with Crippen LogP contribution in [0.3, 0.4) is 0 Å². The number of aromatic nitrogens is 3. The summed E-state index contributed by atoms with van der Waals surface area (Å²) >= 11 is 0. The molecule has 1 aromatic heterocycles. The van der Waals surface area contributed by atoms with Gasteiger partial charge in [-0.2, -0.15) is 5.10 Å². The van der Waals surface area contributed by atoms with E-state index in [1.54, 1.807) is 11.0 Å². The SMILES string of the molecule is C[C@H](C(=O)NCc1ccc(N(C)C2CCCCC2)cc1)n1cncn1. The maximum absolute atomic E-state index is 12.2. The number of carbonyl (C=O) groups excluding carboxylic acids is 1. The molecule has 0 radical (unpaired) electrons. The van der Waals surface area contributed by atoms with E-state index in [2.05, 4.69) is 51.6 Å². The van der Waals surface area contributed by atoms with E-state index < -0.39 is 0 Å². The van der Waals surface area contributed by atoms with E-state index in [4.69, 9.17) is 0 Å². The minimum absolute atomic E-state index is 0.0612. The van der Waals surface area contributed by atoms with Gasteiger partial charge in [-0.1, -0.05) is 31.4 Å². The van der Waals surface area contributed by atoms with Crippen molar-refractivity contribution >= 4 is 11.6 Å². The summed E-state index contributed by atoms with van der Waals surface area (Å²) < 4.78 is 1.55. The van der Waals surface area contributed by atoms with Crippen molar-refractivity contribution in [2.45, 2.75) is 57.7 Å². The lowest BCUT2D eigenvalue weighted by atomic mass is 9.94. The highest BCUT2D eigenvalue weighted by Gasteiger charge is 2.18. The normalized spacial score (nSPS) is 16.4. The Balaban J connectivity index is 1.53. The number of hydrogen-bond acceptors (Lipinski definition) is 4. The number of nitrogens with one attached hydrogen (secondary N) is 1. The van der Waals surface area contributed by atoms with Crippen LogP contribution in [-0.4, -0.2) is 33.8 Å². The summed E-state index contributed by atoms with van der Waals surface area (Å²) in [5.41, 5.74) is 2.35. The van der Waals surface area contributed by atoms with E-state index >= 15 is 0 Å². The van der Waals surface area contributed by atoms with E-state index in [1.807, 2.05) is 6.92 Å². The van der Waals surface area contributed by atoms with Crippen LogP contribution in [0.1, 0.15) is 50.6 Å². The van der Waals surface area contributed by atoms with Crippen molar-refractivity contribution in [3.63, 3.8) is 0 Å². The van der Waals surface area contributed by atoms with Gasteiger partial charge in [0.25, 0.3) is 0 Å². The van der Waals surface area contributed by atoms with Crippen molar-refractivity contribution in [2.24, 2.45) is 0 Å². The second-order valence-electron chi connectivity index (χ2n) is 6.84. The summed E-state index contributed by atoms with van der Waals surface area (Å²) in [5.74, 6) is -0.0612. The van der Waals surface area contributed by atoms with E-state index in [-0.39, 0.29) is 11.9 Å². The highest BCUT2D eigenvalue weighted by molar-refractivity contribution is 5.79. The molecule has 2 aromatic rings. The van der Waals surface area contributed by atoms with E-state index in [0.717, 1.165) is 5.56 Å². The molecule has 0 spiro atoms. The number of nitrogens with zero attached hydrogens (tertiary/aromatic N) is 4. The summed E-state index contributed by atoms with van der Waals surface area (Å²) in [6.45, 7) is 2.33. The van der Waals surface area contributed by atoms with Gasteiger partial charge in [-0.15, -0.1) is 0 Å². The molecule has 6 nitrogen and oxygen atoms in total. The van der Waals surface area contributed by atoms with Gasteiger partial charge in [0.2, 0.25) is 5.91 Å². The second kappa shape index (κ2) is 8.14. The first-order valence-electron chi connectivity index (χ1n) is 9.09. The fraction of sp³-hybridized carbons (Fsp3) is 0.526. The molecule has 3 rings (SSSR count). The minimum Gasteiger partial charge on any atom is -0.372 e. The van der Waals surface area contributed by atoms with Crippen molar-refractivity contribution in [1.82, 2.24) is 20.1 Å². The van der Waals surface area contributed by atoms with Gasteiger partial charge in [-0.3, -0.25) is 4.79 Å². The van der Waals surface area contributed by atoms with Crippen LogP contribution in [-0.2, 0) is 11.3 Å². The first-order chi connectivity index (χ1) is 12.1. The van der Waals surface area contributed by atoms with Crippen molar-refractivity contribution in [3.8, 4) is 0 Å². The number of benzene rings is 1. The summed E-state index contributed by atoms with van der Waals surface area (Å²) in [5, 5.41) is 6.96. The zero-order valence-electron chi connectivity index (χ0n) is 15.1. The van der Waals surface area contributed by atoms with Crippen molar-refractivity contribution < 1.29 is 4.79 Å². The molecule has 1 heterocycles. The molecule has 1 N–H and O–H groups in total. The Morgan fingerprint density at radius 2 is 2.00 bits per heavy atom. The van der Waals surface area contributed by atoms with Gasteiger partial charge in [0.1, 0.15) is 18.7 Å². The Labute approximate surface area is 149 Å². The van der Waals surface area contributed by atoms with Crippen LogP contribution >= 0.6 is 0 Å². The molecule has 0 saturated heterocycles. The van der Waals surface area contributed by atoms with Crippen molar-refractivity contribution in [1.29, 1.82) is 0 Å². The van der Waals surface area contributed by atoms with Crippen LogP contribution < -0.4 is 10.2 Å². The Morgan fingerprint density at radius 1 is 1.28 bits per heavy atom. The number of hydrogen-bond donors (Lipinski definition) is 1. The highest BCUT2D eigenvalue weighted by atomic mass is 16.2. The third kappa shape index (κ3) is 4.38. The predicted molar refractivity (Wildman–Crippen MR) is 98.3 cm³/mol. The Bertz CT molecular complexity index is 662. The van der Waals surface area contributed by atoms with Gasteiger partial charge in [-0.05, 0) is 37.5 Å². The third-order valence-corrected chi connectivity index (χ3v) is 5.15. The Hall–Kier alpha value is -2.37. The predicted octanol–water partition coefficient (Wildman–Crippen LogP) is 2.92. The average molecular weight is 341 g/mol. The zero-order valence-corrected chi connectivity index (χ0v) is 15.1. The van der Waals surface area contributed by atoms with Crippen LogP contribution in [0.4, 0.5) is 5.69 Å². The van der Waals surface area contributed by atoms with Gasteiger partial charge in [0.05, 0.1) is 0 Å². The smallest absolute Gasteiger partial charge is 0.244 e. The first kappa shape index (κ1) is 17.5. The number of anilines is 1. The molecule has 1 fully saturated rings. The quantitative estimate of drug-likeness (QED) is 0.877. The lowest BCUT2D eigenvalue weighted by Crippen LogP contribution is -2.33. The lowest BCUT2D eigenvalue weighted by molar-refractivity contribution is -0.124. The lowest BCUT2D eigenvalue weighted by Gasteiger charge is -2.33. The summed E-state index contributed by atoms with van der Waals surface area (Å²) in [6.07, 6.45) is 9.61. The third-order valence-electron chi connectivity index (χ3n) is 5.15. The molecule has 1 aliphatic carbocycles. The number of rotatable bonds is 6. The molecule has 0 bridgehead atoms. The van der Waals surface area contributed by atoms with Gasteiger partial charge in [0, 0.05) is 25.3 Å². The maximum atomic E-state index is 12.2. The maximum Gasteiger partial charge on any atom is 0.244 e. The van der Waals surface area contributed by atoms with E-state index in [1.165, 1.54) is 44.1 Å². The Kier molecular flexibility index (Phi) is 5.68. The molecule has 0 unspecified atom stereocenters. The molecule has 1 saturated carbocycles. The van der Waals surface area contributed by atoms with Crippen molar-refractivity contribution in [2.75, 3.05) is 11.9 Å². The molecule has 134 valence electrons. The van der Waals surface area contributed by atoms with Gasteiger partial charge < -0.3 is 10.2 Å². The molecule has 1 aliphatic rings. The van der Waals surface area contributed by atoms with E-state index in [9.17, 15) is 4.79 Å². The number of carbonyl (C=O) groups is 1. The first-order valence-corrected chi connectivity index (χ1v) is 9.09. The fourth-order valence-corrected chi connectivity index (χ4v) is 3.40. The molecular weight excluding hydrogens is 314 g/mol. The molecule has 0 aliphatic heterocycles. The molecule has 6 heteroatoms. The fourth-order valence-electron chi connectivity index (χ4n) is 3.40. The largest absolute Gasteiger partial charge is 0.372 e. The van der Waals surface area contributed by atoms with Crippen molar-refractivity contribution in [3.05, 3.63) is 42.5 Å². The molecule has 25 heavy (non-hydrogen) atoms. The topological polar surface area (TPSA) is 63.1 Å². The number of amides is 1. The van der Waals surface area contributed by atoms with Gasteiger partial charge in [-0.25, -0.2) is 9.67 Å². The second-order valence-corrected chi connectivity index (χ2v) is 6.84. The molecule has 1 atom stereocenters. The van der Waals surface area contributed by atoms with Crippen LogP contribution in [0.25, 0.3) is 0 Å². The molecule has 1 aromatic carbocycles. The summed E-state index contributed by atoms with van der Waals surface area (Å²) in [6, 6.07) is 8.78. The van der Waals surface area contributed by atoms with Crippen LogP contribution in [0.2, 0.25) is 0 Å². The van der Waals surface area contributed by atoms with Gasteiger partial charge >= 0.3 is 0 Å². The molecule has 1 amide bonds. The van der Waals surface area contributed by atoms with Gasteiger partial charge in [0.15, 0.2) is 0 Å². The summed E-state index contributed by atoms with van der Waals surface area (Å²) in [7, 11) is 2.19. The monoisotopic (exact) mass is 341 g/mol. The van der Waals surface area contributed by atoms with Crippen LogP contribution in [0.5, 0.6) is 0 Å². The Morgan fingerprint density at radius 3 is 2.64 bits per heavy atom. The standard InChI is InChI=1S/C19H27N5O/c1-15(24-14-20-13-22-24)19(25)21-12-16-8-10-18(11-9-16)23(2)17-6-4-3-5-7-17/h8-11,13-15,17H,3-7,12H2,1-2H3,(H,21,25)/t15-/m1/s1. The zero-order chi connectivity index (χ0) is 17.6. The van der Waals surface area contributed by atoms with E-state index in [0.29, 0.717) is 12.6 Å². The highest BCUT2D eigenvalue weighted by Crippen LogP contribution is 2.26. The van der Waals surface area contributed by atoms with Crippen LogP contribution in [0.15, 0.2) is 36.9 Å². The molecular formula is C19H27N5O. The average Bonchev–Trinajstić information content (AvgIpc) is 3.21. The van der Waals surface area contributed by atoms with Crippen LogP contribution in [0, 0.1) is 0 Å². The minimum atomic E-state index is -0.362.